The molecule has 22 heavy (non-hydrogen) atoms. The van der Waals surface area contributed by atoms with Crippen LogP contribution in [0.5, 0.6) is 0 Å². The van der Waals surface area contributed by atoms with Crippen LogP contribution in [0.15, 0.2) is 75.9 Å². The van der Waals surface area contributed by atoms with E-state index >= 15 is 0 Å². The zero-order valence-corrected chi connectivity index (χ0v) is 11.5. The number of rotatable bonds is 1. The van der Waals surface area contributed by atoms with Gasteiger partial charge in [-0.25, -0.2) is 9.18 Å². The van der Waals surface area contributed by atoms with E-state index in [0.29, 0.717) is 16.5 Å². The maximum Gasteiger partial charge on any atom is 0.336 e. The van der Waals surface area contributed by atoms with E-state index in [1.54, 1.807) is 0 Å². The van der Waals surface area contributed by atoms with Crippen molar-refractivity contribution in [1.82, 2.24) is 0 Å². The van der Waals surface area contributed by atoms with Crippen molar-refractivity contribution >= 4 is 21.7 Å². The van der Waals surface area contributed by atoms with Crippen LogP contribution >= 0.6 is 0 Å². The van der Waals surface area contributed by atoms with Crippen LogP contribution in [0.2, 0.25) is 0 Å². The normalized spacial score (nSPS) is 11.1. The number of halogens is 1. The molecule has 106 valence electrons. The Bertz CT molecular complexity index is 1060. The van der Waals surface area contributed by atoms with E-state index in [9.17, 15) is 9.18 Å². The summed E-state index contributed by atoms with van der Waals surface area (Å²) < 4.78 is 18.7. The molecule has 4 rings (SSSR count). The van der Waals surface area contributed by atoms with Crippen molar-refractivity contribution in [3.63, 3.8) is 0 Å². The summed E-state index contributed by atoms with van der Waals surface area (Å²) >= 11 is 0. The van der Waals surface area contributed by atoms with Crippen molar-refractivity contribution in [2.24, 2.45) is 0 Å². The standard InChI is InChI=1S/C19H11FO2/c20-15-7-8-18-17(10-15)16(11-19(21)22-18)14-6-5-12-3-1-2-4-13(12)9-14/h1-11H. The number of hydrogen-bond donors (Lipinski definition) is 0. The minimum absolute atomic E-state index is 0.358. The van der Waals surface area contributed by atoms with Crippen LogP contribution in [-0.2, 0) is 0 Å². The van der Waals surface area contributed by atoms with Crippen molar-refractivity contribution in [2.45, 2.75) is 0 Å². The average Bonchev–Trinajstić information content (AvgIpc) is 2.54. The van der Waals surface area contributed by atoms with Gasteiger partial charge in [0.2, 0.25) is 0 Å². The molecule has 4 aromatic rings. The third kappa shape index (κ3) is 2.07. The molecule has 0 atom stereocenters. The summed E-state index contributed by atoms with van der Waals surface area (Å²) in [4.78, 5) is 11.8. The van der Waals surface area contributed by atoms with Gasteiger partial charge < -0.3 is 4.42 Å². The van der Waals surface area contributed by atoms with E-state index in [1.807, 2.05) is 42.5 Å². The van der Waals surface area contributed by atoms with E-state index < -0.39 is 5.63 Å². The van der Waals surface area contributed by atoms with Gasteiger partial charge in [0.15, 0.2) is 0 Å². The number of hydrogen-bond acceptors (Lipinski definition) is 2. The largest absolute Gasteiger partial charge is 0.423 e. The molecule has 2 nitrogen and oxygen atoms in total. The van der Waals surface area contributed by atoms with Crippen molar-refractivity contribution in [3.05, 3.63) is 83.0 Å². The first-order chi connectivity index (χ1) is 10.7. The molecule has 0 aliphatic carbocycles. The average molecular weight is 290 g/mol. The summed E-state index contributed by atoms with van der Waals surface area (Å²) in [6.45, 7) is 0. The van der Waals surface area contributed by atoms with Gasteiger partial charge in [-0.2, -0.15) is 0 Å². The van der Waals surface area contributed by atoms with Gasteiger partial charge in [-0.3, -0.25) is 0 Å². The highest BCUT2D eigenvalue weighted by Crippen LogP contribution is 2.30. The fraction of sp³-hybridized carbons (Fsp3) is 0. The Morgan fingerprint density at radius 1 is 0.818 bits per heavy atom. The molecular weight excluding hydrogens is 279 g/mol. The molecule has 0 bridgehead atoms. The predicted octanol–water partition coefficient (Wildman–Crippen LogP) is 4.75. The van der Waals surface area contributed by atoms with Crippen LogP contribution in [0.25, 0.3) is 32.9 Å². The van der Waals surface area contributed by atoms with Crippen molar-refractivity contribution < 1.29 is 8.81 Å². The van der Waals surface area contributed by atoms with Crippen LogP contribution in [0, 0.1) is 5.82 Å². The summed E-state index contributed by atoms with van der Waals surface area (Å²) in [6, 6.07) is 19.5. The molecule has 0 aliphatic heterocycles. The quantitative estimate of drug-likeness (QED) is 0.473. The van der Waals surface area contributed by atoms with Gasteiger partial charge in [0.1, 0.15) is 11.4 Å². The lowest BCUT2D eigenvalue weighted by Gasteiger charge is -2.07. The van der Waals surface area contributed by atoms with E-state index in [-0.39, 0.29) is 5.82 Å². The first kappa shape index (κ1) is 12.8. The monoisotopic (exact) mass is 290 g/mol. The smallest absolute Gasteiger partial charge is 0.336 e. The second-order valence-corrected chi connectivity index (χ2v) is 5.18. The number of fused-ring (bicyclic) bond motifs is 2. The van der Waals surface area contributed by atoms with Gasteiger partial charge >= 0.3 is 5.63 Å². The van der Waals surface area contributed by atoms with Gasteiger partial charge in [-0.15, -0.1) is 0 Å². The summed E-state index contributed by atoms with van der Waals surface area (Å²) in [7, 11) is 0. The molecule has 0 radical (unpaired) electrons. The van der Waals surface area contributed by atoms with Crippen molar-refractivity contribution in [2.75, 3.05) is 0 Å². The third-order valence-electron chi connectivity index (χ3n) is 3.76. The van der Waals surface area contributed by atoms with E-state index in [0.717, 1.165) is 16.3 Å². The topological polar surface area (TPSA) is 30.2 Å². The van der Waals surface area contributed by atoms with Gasteiger partial charge in [0, 0.05) is 11.5 Å². The zero-order chi connectivity index (χ0) is 15.1. The molecule has 0 amide bonds. The van der Waals surface area contributed by atoms with Crippen LogP contribution in [0.1, 0.15) is 0 Å². The molecule has 0 N–H and O–H groups in total. The molecule has 0 saturated heterocycles. The van der Waals surface area contributed by atoms with E-state index in [1.165, 1.54) is 24.3 Å². The molecule has 0 saturated carbocycles. The van der Waals surface area contributed by atoms with Crippen LogP contribution < -0.4 is 5.63 Å². The molecule has 0 fully saturated rings. The van der Waals surface area contributed by atoms with Gasteiger partial charge in [-0.05, 0) is 46.2 Å². The Morgan fingerprint density at radius 3 is 2.50 bits per heavy atom. The molecule has 3 heteroatoms. The minimum Gasteiger partial charge on any atom is -0.423 e. The molecule has 3 aromatic carbocycles. The lowest BCUT2D eigenvalue weighted by atomic mass is 9.99. The van der Waals surface area contributed by atoms with Crippen LogP contribution in [-0.4, -0.2) is 0 Å². The Balaban J connectivity index is 2.06. The summed E-state index contributed by atoms with van der Waals surface area (Å²) in [5.74, 6) is -0.358. The summed E-state index contributed by atoms with van der Waals surface area (Å²) in [5, 5.41) is 2.78. The van der Waals surface area contributed by atoms with Crippen molar-refractivity contribution in [3.8, 4) is 11.1 Å². The lowest BCUT2D eigenvalue weighted by molar-refractivity contribution is 0.559. The van der Waals surface area contributed by atoms with Crippen LogP contribution in [0.4, 0.5) is 4.39 Å². The Morgan fingerprint density at radius 2 is 1.64 bits per heavy atom. The minimum atomic E-state index is -0.442. The van der Waals surface area contributed by atoms with Gasteiger partial charge in [0.05, 0.1) is 0 Å². The maximum atomic E-state index is 13.6. The molecule has 0 unspecified atom stereocenters. The molecule has 0 aliphatic rings. The zero-order valence-electron chi connectivity index (χ0n) is 11.5. The molecular formula is C19H11FO2. The highest BCUT2D eigenvalue weighted by Gasteiger charge is 2.09. The second kappa shape index (κ2) is 4.81. The van der Waals surface area contributed by atoms with Crippen LogP contribution in [0.3, 0.4) is 0 Å². The first-order valence-electron chi connectivity index (χ1n) is 6.93. The Labute approximate surface area is 125 Å². The lowest BCUT2D eigenvalue weighted by Crippen LogP contribution is -1.98. The summed E-state index contributed by atoms with van der Waals surface area (Å²) in [5.41, 5.74) is 1.48. The molecule has 0 spiro atoms. The fourth-order valence-electron chi connectivity index (χ4n) is 2.73. The maximum absolute atomic E-state index is 13.6. The Hall–Kier alpha value is -2.94. The molecule has 1 heterocycles. The second-order valence-electron chi connectivity index (χ2n) is 5.18. The summed E-state index contributed by atoms with van der Waals surface area (Å²) in [6.07, 6.45) is 0. The highest BCUT2D eigenvalue weighted by atomic mass is 19.1. The van der Waals surface area contributed by atoms with Gasteiger partial charge in [-0.1, -0.05) is 36.4 Å². The third-order valence-corrected chi connectivity index (χ3v) is 3.76. The van der Waals surface area contributed by atoms with E-state index in [2.05, 4.69) is 0 Å². The SMILES string of the molecule is O=c1cc(-c2ccc3ccccc3c2)c2cc(F)ccc2o1. The highest BCUT2D eigenvalue weighted by molar-refractivity contribution is 5.96. The predicted molar refractivity (Wildman–Crippen MR) is 85.4 cm³/mol. The van der Waals surface area contributed by atoms with E-state index in [4.69, 9.17) is 4.42 Å². The van der Waals surface area contributed by atoms with Crippen molar-refractivity contribution in [1.29, 1.82) is 0 Å². The Kier molecular flexibility index (Phi) is 2.79. The first-order valence-corrected chi connectivity index (χ1v) is 6.93. The molecule has 1 aromatic heterocycles. The fourth-order valence-corrected chi connectivity index (χ4v) is 2.73. The van der Waals surface area contributed by atoms with Gasteiger partial charge in [0.25, 0.3) is 0 Å². The number of benzene rings is 3.